The zero-order chi connectivity index (χ0) is 24.4. The fraction of sp³-hybridized carbons (Fsp3) is 0.478. The summed E-state index contributed by atoms with van der Waals surface area (Å²) in [5.74, 6) is 0. The molecule has 0 amide bonds. The molecule has 10 heteroatoms. The predicted octanol–water partition coefficient (Wildman–Crippen LogP) is 3.56. The first kappa shape index (κ1) is 29.4. The van der Waals surface area contributed by atoms with Gasteiger partial charge in [0.05, 0.1) is 6.17 Å². The summed E-state index contributed by atoms with van der Waals surface area (Å²) in [6.45, 7) is 1.82. The molecule has 0 radical (unpaired) electrons. The average Bonchev–Trinajstić information content (AvgIpc) is 2.89. The topological polar surface area (TPSA) is 79.4 Å². The summed E-state index contributed by atoms with van der Waals surface area (Å²) in [4.78, 5) is 0. The third kappa shape index (κ3) is 10.9. The van der Waals surface area contributed by atoms with Crippen LogP contribution in [0.15, 0.2) is 60.7 Å². The summed E-state index contributed by atoms with van der Waals surface area (Å²) >= 11 is 0. The van der Waals surface area contributed by atoms with Crippen molar-refractivity contribution in [2.45, 2.75) is 19.0 Å². The Morgan fingerprint density at radius 3 is 1.61 bits per heavy atom. The van der Waals surface area contributed by atoms with Gasteiger partial charge in [-0.05, 0) is 30.7 Å². The van der Waals surface area contributed by atoms with Gasteiger partial charge in [-0.3, -0.25) is 0 Å². The molecule has 0 aliphatic heterocycles. The molecule has 0 saturated carbocycles. The van der Waals surface area contributed by atoms with Crippen molar-refractivity contribution in [3.05, 3.63) is 66.2 Å². The zero-order valence-corrected chi connectivity index (χ0v) is 22.8. The molecular formula is C23H40N2O6Si2. The van der Waals surface area contributed by atoms with Crippen LogP contribution in [0.5, 0.6) is 0 Å². The summed E-state index contributed by atoms with van der Waals surface area (Å²) in [7, 11) is 4.86. The minimum atomic E-state index is -2.51. The Bertz CT molecular complexity index is 703. The van der Waals surface area contributed by atoms with Crippen LogP contribution in [-0.4, -0.2) is 73.0 Å². The van der Waals surface area contributed by atoms with Gasteiger partial charge in [-0.15, -0.1) is 0 Å². The molecule has 0 atom stereocenters. The van der Waals surface area contributed by atoms with Crippen LogP contribution in [0.1, 0.15) is 12.0 Å². The van der Waals surface area contributed by atoms with Gasteiger partial charge in [0, 0.05) is 60.9 Å². The monoisotopic (exact) mass is 496 g/mol. The molecule has 0 aliphatic carbocycles. The highest BCUT2D eigenvalue weighted by molar-refractivity contribution is 6.61. The van der Waals surface area contributed by atoms with Crippen molar-refractivity contribution in [1.29, 1.82) is 0 Å². The van der Waals surface area contributed by atoms with Crippen LogP contribution < -0.4 is 10.6 Å². The first-order valence-electron chi connectivity index (χ1n) is 10.9. The number of hydrogen-bond donors (Lipinski definition) is 2. The Morgan fingerprint density at radius 1 is 0.636 bits per heavy atom. The van der Waals surface area contributed by atoms with E-state index in [1.807, 2.05) is 36.4 Å². The van der Waals surface area contributed by atoms with Gasteiger partial charge < -0.3 is 37.2 Å². The van der Waals surface area contributed by atoms with Gasteiger partial charge in [0.2, 0.25) is 0 Å². The molecular weight excluding hydrogens is 456 g/mol. The van der Waals surface area contributed by atoms with E-state index in [0.717, 1.165) is 31.2 Å². The molecule has 186 valence electrons. The maximum Gasteiger partial charge on any atom is 0.520 e. The highest BCUT2D eigenvalue weighted by atomic mass is 28.4. The Labute approximate surface area is 201 Å². The van der Waals surface area contributed by atoms with E-state index in [0.29, 0.717) is 6.17 Å². The van der Waals surface area contributed by atoms with Gasteiger partial charge in [0.1, 0.15) is 0 Å². The second-order valence-corrected chi connectivity index (χ2v) is 13.1. The van der Waals surface area contributed by atoms with E-state index < -0.39 is 17.6 Å². The Hall–Kier alpha value is -1.61. The maximum atomic E-state index is 5.37. The quantitative estimate of drug-likeness (QED) is 0.286. The Balaban J connectivity index is 0.000000335. The number of nitrogens with one attached hydrogen (secondary N) is 2. The average molecular weight is 497 g/mol. The van der Waals surface area contributed by atoms with Crippen LogP contribution in [-0.2, 0) is 33.1 Å². The van der Waals surface area contributed by atoms with Gasteiger partial charge in [-0.1, -0.05) is 48.5 Å². The lowest BCUT2D eigenvalue weighted by Crippen LogP contribution is -2.49. The van der Waals surface area contributed by atoms with Gasteiger partial charge in [-0.25, -0.2) is 0 Å². The van der Waals surface area contributed by atoms with Crippen molar-refractivity contribution in [2.24, 2.45) is 0 Å². The van der Waals surface area contributed by atoms with Gasteiger partial charge in [-0.2, -0.15) is 0 Å². The largest absolute Gasteiger partial charge is 0.520 e. The molecule has 0 fully saturated rings. The van der Waals surface area contributed by atoms with Crippen LogP contribution in [0.2, 0.25) is 6.04 Å². The van der Waals surface area contributed by atoms with E-state index in [1.165, 1.54) is 5.56 Å². The second-order valence-electron chi connectivity index (χ2n) is 7.08. The molecule has 33 heavy (non-hydrogen) atoms. The first-order chi connectivity index (χ1) is 16.0. The Morgan fingerprint density at radius 2 is 1.12 bits per heavy atom. The number of hydrogen-bond acceptors (Lipinski definition) is 8. The smallest absolute Gasteiger partial charge is 0.381 e. The Kier molecular flexibility index (Phi) is 15.1. The van der Waals surface area contributed by atoms with E-state index in [-0.39, 0.29) is 0 Å². The van der Waals surface area contributed by atoms with E-state index in [9.17, 15) is 0 Å². The van der Waals surface area contributed by atoms with Crippen molar-refractivity contribution >= 4 is 23.3 Å². The molecule has 0 heterocycles. The van der Waals surface area contributed by atoms with Crippen molar-refractivity contribution in [3.63, 3.8) is 0 Å². The van der Waals surface area contributed by atoms with Crippen molar-refractivity contribution in [2.75, 3.05) is 60.7 Å². The molecule has 0 bridgehead atoms. The molecule has 0 aromatic heterocycles. The van der Waals surface area contributed by atoms with Crippen LogP contribution in [0.25, 0.3) is 0 Å². The lowest BCUT2D eigenvalue weighted by molar-refractivity contribution is 0.123. The van der Waals surface area contributed by atoms with Gasteiger partial charge in [0.15, 0.2) is 0 Å². The standard InChI is InChI=1S/C13H23NO3Si.C10H17NO3Si/c1-15-18(16-2,17-3)11-7-10-14-12-13-8-5-4-6-9-13;1-12-15(13-2,14-3)9-11-10-7-5-4-6-8-10/h4-6,8-9,14H,7,10-12H2,1-3H3;4-8,11H,9H2,1-3H3. The minimum Gasteiger partial charge on any atom is -0.381 e. The summed E-state index contributed by atoms with van der Waals surface area (Å²) in [6, 6.07) is 21.1. The molecule has 0 saturated heterocycles. The molecule has 2 aromatic carbocycles. The summed E-state index contributed by atoms with van der Waals surface area (Å²) in [5.41, 5.74) is 2.33. The van der Waals surface area contributed by atoms with Gasteiger partial charge in [0.25, 0.3) is 0 Å². The van der Waals surface area contributed by atoms with E-state index in [4.69, 9.17) is 26.6 Å². The summed E-state index contributed by atoms with van der Waals surface area (Å²) < 4.78 is 32.0. The van der Waals surface area contributed by atoms with E-state index >= 15 is 0 Å². The molecule has 2 rings (SSSR count). The third-order valence-corrected chi connectivity index (χ3v) is 10.5. The minimum absolute atomic E-state index is 0.556. The highest BCUT2D eigenvalue weighted by Crippen LogP contribution is 2.14. The molecule has 0 aliphatic rings. The molecule has 0 unspecified atom stereocenters. The summed E-state index contributed by atoms with van der Waals surface area (Å²) in [6.07, 6.45) is 1.54. The van der Waals surface area contributed by atoms with E-state index in [1.54, 1.807) is 42.7 Å². The van der Waals surface area contributed by atoms with Crippen LogP contribution in [0.4, 0.5) is 5.69 Å². The lowest BCUT2D eigenvalue weighted by Gasteiger charge is -2.24. The fourth-order valence-electron chi connectivity index (χ4n) is 3.05. The normalized spacial score (nSPS) is 11.6. The number of anilines is 1. The van der Waals surface area contributed by atoms with Crippen molar-refractivity contribution in [3.8, 4) is 0 Å². The van der Waals surface area contributed by atoms with Crippen molar-refractivity contribution < 1.29 is 26.6 Å². The van der Waals surface area contributed by atoms with Crippen LogP contribution >= 0.6 is 0 Å². The molecule has 2 N–H and O–H groups in total. The number of para-hydroxylation sites is 1. The van der Waals surface area contributed by atoms with Crippen molar-refractivity contribution in [1.82, 2.24) is 5.32 Å². The molecule has 8 nitrogen and oxygen atoms in total. The fourth-order valence-corrected chi connectivity index (χ4v) is 6.12. The molecule has 2 aromatic rings. The molecule has 0 spiro atoms. The maximum absolute atomic E-state index is 5.37. The highest BCUT2D eigenvalue weighted by Gasteiger charge is 2.38. The second kappa shape index (κ2) is 16.9. The van der Waals surface area contributed by atoms with E-state index in [2.05, 4.69) is 34.9 Å². The van der Waals surface area contributed by atoms with Crippen LogP contribution in [0, 0.1) is 0 Å². The third-order valence-electron chi connectivity index (χ3n) is 5.16. The van der Waals surface area contributed by atoms with Gasteiger partial charge >= 0.3 is 17.6 Å². The zero-order valence-electron chi connectivity index (χ0n) is 20.8. The number of benzene rings is 2. The first-order valence-corrected chi connectivity index (χ1v) is 14.7. The lowest BCUT2D eigenvalue weighted by atomic mass is 10.2. The van der Waals surface area contributed by atoms with Crippen LogP contribution in [0.3, 0.4) is 0 Å². The summed E-state index contributed by atoms with van der Waals surface area (Å²) in [5, 5.41) is 6.63. The number of rotatable bonds is 15. The predicted molar refractivity (Wildman–Crippen MR) is 136 cm³/mol. The SMILES string of the molecule is CO[Si](CCCNCc1ccccc1)(OC)OC.CO[Si](CNc1ccccc1)(OC)OC.